The first-order valence-corrected chi connectivity index (χ1v) is 6.30. The Morgan fingerprint density at radius 1 is 1.55 bits per heavy atom. The highest BCUT2D eigenvalue weighted by Crippen LogP contribution is 2.29. The molecule has 1 fully saturated rings. The molecular formula is C12H13ClF2N2O3. The number of halogens is 3. The van der Waals surface area contributed by atoms with Gasteiger partial charge in [-0.2, -0.15) is 8.78 Å². The van der Waals surface area contributed by atoms with E-state index in [-0.39, 0.29) is 16.7 Å². The van der Waals surface area contributed by atoms with Gasteiger partial charge < -0.3 is 20.5 Å². The molecule has 8 heteroatoms. The smallest absolute Gasteiger partial charge is 0.387 e. The van der Waals surface area contributed by atoms with E-state index in [1.807, 2.05) is 0 Å². The molecule has 0 aromatic heterocycles. The molecule has 110 valence electrons. The van der Waals surface area contributed by atoms with Gasteiger partial charge in [-0.15, -0.1) is 0 Å². The Morgan fingerprint density at radius 2 is 2.30 bits per heavy atom. The molecule has 0 saturated carbocycles. The molecule has 1 amide bonds. The monoisotopic (exact) mass is 306 g/mol. The summed E-state index contributed by atoms with van der Waals surface area (Å²) in [6.07, 6.45) is -0.220. The lowest BCUT2D eigenvalue weighted by Crippen LogP contribution is -2.35. The standard InChI is InChI=1S/C12H13ClF2N2O3/c13-8-3-6(1-2-10(8)20-12(14)15)17-11(19)9-4-7(18)5-16-9/h1-3,7,9,12,16,18H,4-5H2,(H,17,19). The van der Waals surface area contributed by atoms with Crippen molar-refractivity contribution in [2.24, 2.45) is 0 Å². The predicted molar refractivity (Wildman–Crippen MR) is 69.1 cm³/mol. The van der Waals surface area contributed by atoms with Crippen LogP contribution in [-0.4, -0.2) is 36.3 Å². The summed E-state index contributed by atoms with van der Waals surface area (Å²) in [5.74, 6) is -0.478. The third-order valence-corrected chi connectivity index (χ3v) is 3.13. The molecule has 1 aliphatic rings. The Morgan fingerprint density at radius 3 is 2.85 bits per heavy atom. The van der Waals surface area contributed by atoms with Crippen LogP contribution in [-0.2, 0) is 4.79 Å². The number of carbonyl (C=O) groups excluding carboxylic acids is 1. The van der Waals surface area contributed by atoms with Gasteiger partial charge >= 0.3 is 6.61 Å². The zero-order chi connectivity index (χ0) is 14.7. The minimum Gasteiger partial charge on any atom is -0.433 e. The van der Waals surface area contributed by atoms with Crippen molar-refractivity contribution < 1.29 is 23.4 Å². The van der Waals surface area contributed by atoms with Crippen molar-refractivity contribution in [3.05, 3.63) is 23.2 Å². The van der Waals surface area contributed by atoms with Crippen LogP contribution < -0.4 is 15.4 Å². The summed E-state index contributed by atoms with van der Waals surface area (Å²) in [6, 6.07) is 3.50. The first-order chi connectivity index (χ1) is 9.45. The zero-order valence-electron chi connectivity index (χ0n) is 10.3. The lowest BCUT2D eigenvalue weighted by atomic mass is 10.2. The topological polar surface area (TPSA) is 70.6 Å². The Kier molecular flexibility index (Phi) is 4.74. The summed E-state index contributed by atoms with van der Waals surface area (Å²) in [7, 11) is 0. The summed E-state index contributed by atoms with van der Waals surface area (Å²) in [5.41, 5.74) is 0.366. The fourth-order valence-electron chi connectivity index (χ4n) is 1.92. The average molecular weight is 307 g/mol. The van der Waals surface area contributed by atoms with Gasteiger partial charge in [0, 0.05) is 12.2 Å². The van der Waals surface area contributed by atoms with E-state index in [0.717, 1.165) is 0 Å². The summed E-state index contributed by atoms with van der Waals surface area (Å²) in [6.45, 7) is -2.60. The summed E-state index contributed by atoms with van der Waals surface area (Å²) in [4.78, 5) is 11.9. The Balaban J connectivity index is 1.99. The molecule has 0 spiro atoms. The van der Waals surface area contributed by atoms with Crippen LogP contribution in [0.4, 0.5) is 14.5 Å². The van der Waals surface area contributed by atoms with E-state index in [0.29, 0.717) is 18.7 Å². The molecule has 5 nitrogen and oxygen atoms in total. The lowest BCUT2D eigenvalue weighted by Gasteiger charge is -2.12. The van der Waals surface area contributed by atoms with Crippen LogP contribution in [0.2, 0.25) is 5.02 Å². The van der Waals surface area contributed by atoms with Crippen LogP contribution in [0.1, 0.15) is 6.42 Å². The maximum absolute atomic E-state index is 12.1. The van der Waals surface area contributed by atoms with Crippen molar-refractivity contribution in [3.63, 3.8) is 0 Å². The zero-order valence-corrected chi connectivity index (χ0v) is 11.0. The average Bonchev–Trinajstić information content (AvgIpc) is 2.79. The van der Waals surface area contributed by atoms with Gasteiger partial charge in [0.25, 0.3) is 0 Å². The number of carbonyl (C=O) groups is 1. The Bertz CT molecular complexity index is 502. The number of nitrogens with one attached hydrogen (secondary N) is 2. The van der Waals surface area contributed by atoms with Crippen LogP contribution in [0.25, 0.3) is 0 Å². The van der Waals surface area contributed by atoms with Crippen LogP contribution in [0, 0.1) is 0 Å². The molecule has 2 atom stereocenters. The predicted octanol–water partition coefficient (Wildman–Crippen LogP) is 1.60. The van der Waals surface area contributed by atoms with Gasteiger partial charge in [0.1, 0.15) is 5.75 Å². The first kappa shape index (κ1) is 15.0. The molecule has 0 radical (unpaired) electrons. The van der Waals surface area contributed by atoms with Gasteiger partial charge in [-0.3, -0.25) is 4.79 Å². The maximum Gasteiger partial charge on any atom is 0.387 e. The third-order valence-electron chi connectivity index (χ3n) is 2.84. The second-order valence-electron chi connectivity index (χ2n) is 4.36. The number of aliphatic hydroxyl groups is 1. The van der Waals surface area contributed by atoms with Gasteiger partial charge in [0.15, 0.2) is 0 Å². The van der Waals surface area contributed by atoms with Gasteiger partial charge in [-0.1, -0.05) is 11.6 Å². The summed E-state index contributed by atoms with van der Waals surface area (Å²) in [5, 5.41) is 14.7. The molecule has 1 aromatic rings. The minimum atomic E-state index is -2.96. The van der Waals surface area contributed by atoms with Gasteiger partial charge in [-0.25, -0.2) is 0 Å². The van der Waals surface area contributed by atoms with E-state index in [2.05, 4.69) is 15.4 Å². The molecule has 20 heavy (non-hydrogen) atoms. The quantitative estimate of drug-likeness (QED) is 0.790. The lowest BCUT2D eigenvalue weighted by molar-refractivity contribution is -0.117. The van der Waals surface area contributed by atoms with Gasteiger partial charge in [0.2, 0.25) is 5.91 Å². The van der Waals surface area contributed by atoms with Crippen molar-refractivity contribution >= 4 is 23.2 Å². The van der Waals surface area contributed by atoms with Crippen LogP contribution in [0.15, 0.2) is 18.2 Å². The molecule has 2 rings (SSSR count). The number of aliphatic hydroxyl groups excluding tert-OH is 1. The van der Waals surface area contributed by atoms with E-state index in [1.54, 1.807) is 0 Å². The number of amides is 1. The second-order valence-corrected chi connectivity index (χ2v) is 4.77. The van der Waals surface area contributed by atoms with Gasteiger partial charge in [-0.05, 0) is 24.6 Å². The fraction of sp³-hybridized carbons (Fsp3) is 0.417. The molecule has 0 bridgehead atoms. The van der Waals surface area contributed by atoms with E-state index in [1.165, 1.54) is 18.2 Å². The number of hydrogen-bond donors (Lipinski definition) is 3. The van der Waals surface area contributed by atoms with E-state index < -0.39 is 18.8 Å². The van der Waals surface area contributed by atoms with Crippen molar-refractivity contribution in [1.82, 2.24) is 5.32 Å². The van der Waals surface area contributed by atoms with Crippen LogP contribution >= 0.6 is 11.6 Å². The van der Waals surface area contributed by atoms with Crippen molar-refractivity contribution in [2.75, 3.05) is 11.9 Å². The number of hydrogen-bond acceptors (Lipinski definition) is 4. The number of anilines is 1. The third kappa shape index (κ3) is 3.78. The van der Waals surface area contributed by atoms with E-state index >= 15 is 0 Å². The summed E-state index contributed by atoms with van der Waals surface area (Å²) < 4.78 is 28.3. The molecule has 2 unspecified atom stereocenters. The highest BCUT2D eigenvalue weighted by atomic mass is 35.5. The number of benzene rings is 1. The number of ether oxygens (including phenoxy) is 1. The van der Waals surface area contributed by atoms with E-state index in [9.17, 15) is 18.7 Å². The minimum absolute atomic E-state index is 0.0254. The molecule has 1 saturated heterocycles. The Labute approximate surface area is 118 Å². The SMILES string of the molecule is O=C(Nc1ccc(OC(F)F)c(Cl)c1)C1CC(O)CN1. The van der Waals surface area contributed by atoms with Crippen molar-refractivity contribution in [1.29, 1.82) is 0 Å². The van der Waals surface area contributed by atoms with Crippen molar-refractivity contribution in [2.45, 2.75) is 25.2 Å². The van der Waals surface area contributed by atoms with Gasteiger partial charge in [0.05, 0.1) is 17.2 Å². The van der Waals surface area contributed by atoms with E-state index in [4.69, 9.17) is 11.6 Å². The largest absolute Gasteiger partial charge is 0.433 e. The molecule has 1 aliphatic heterocycles. The molecule has 0 aliphatic carbocycles. The second kappa shape index (κ2) is 6.34. The molecular weight excluding hydrogens is 294 g/mol. The normalized spacial score (nSPS) is 22.1. The first-order valence-electron chi connectivity index (χ1n) is 5.92. The summed E-state index contributed by atoms with van der Waals surface area (Å²) >= 11 is 5.77. The number of β-amino-alcohol motifs (C(OH)–C–C–N with tert-alkyl or cyclic N) is 1. The number of alkyl halides is 2. The highest BCUT2D eigenvalue weighted by molar-refractivity contribution is 6.32. The molecule has 1 aromatic carbocycles. The van der Waals surface area contributed by atoms with Crippen LogP contribution in [0.3, 0.4) is 0 Å². The van der Waals surface area contributed by atoms with Crippen LogP contribution in [0.5, 0.6) is 5.75 Å². The highest BCUT2D eigenvalue weighted by Gasteiger charge is 2.28. The van der Waals surface area contributed by atoms with Crippen molar-refractivity contribution in [3.8, 4) is 5.75 Å². The maximum atomic E-state index is 12.1. The number of rotatable bonds is 4. The Hall–Kier alpha value is -1.44. The fourth-order valence-corrected chi connectivity index (χ4v) is 2.14. The molecule has 3 N–H and O–H groups in total. The molecule has 1 heterocycles.